The third kappa shape index (κ3) is 4.84. The number of anilines is 1. The standard InChI is InChI=1S/C21H24ClN5O3S/c1-14(2)30-17-4-6-18(7-5-17)31(28,29)26-20-8-3-15(22)11-19(20)21-25-24-13-27(21)16-9-10-23-12-16/h3-8,11,13-14,16,23,26H,9-10,12H2,1-2H3. The molecule has 0 radical (unpaired) electrons. The molecule has 1 aliphatic rings. The summed E-state index contributed by atoms with van der Waals surface area (Å²) in [6, 6.07) is 11.5. The minimum Gasteiger partial charge on any atom is -0.491 e. The average molecular weight is 462 g/mol. The Kier molecular flexibility index (Phi) is 6.17. The molecule has 10 heteroatoms. The third-order valence-electron chi connectivity index (χ3n) is 4.97. The van der Waals surface area contributed by atoms with Crippen LogP contribution >= 0.6 is 11.6 Å². The van der Waals surface area contributed by atoms with Crippen LogP contribution in [0.2, 0.25) is 5.02 Å². The lowest BCUT2D eigenvalue weighted by atomic mass is 10.1. The Morgan fingerprint density at radius 2 is 2.00 bits per heavy atom. The van der Waals surface area contributed by atoms with Crippen molar-refractivity contribution in [3.63, 3.8) is 0 Å². The summed E-state index contributed by atoms with van der Waals surface area (Å²) >= 11 is 6.23. The molecule has 2 heterocycles. The van der Waals surface area contributed by atoms with Gasteiger partial charge in [-0.05, 0) is 69.3 Å². The number of hydrogen-bond donors (Lipinski definition) is 2. The molecule has 2 aromatic carbocycles. The van der Waals surface area contributed by atoms with Crippen molar-refractivity contribution in [1.82, 2.24) is 20.1 Å². The van der Waals surface area contributed by atoms with E-state index in [0.29, 0.717) is 27.8 Å². The van der Waals surface area contributed by atoms with Crippen LogP contribution in [0.1, 0.15) is 26.3 Å². The summed E-state index contributed by atoms with van der Waals surface area (Å²) in [5.74, 6) is 1.17. The van der Waals surface area contributed by atoms with Gasteiger partial charge in [-0.15, -0.1) is 10.2 Å². The molecule has 0 amide bonds. The van der Waals surface area contributed by atoms with E-state index in [4.69, 9.17) is 16.3 Å². The molecule has 2 N–H and O–H groups in total. The normalized spacial score (nSPS) is 16.6. The molecule has 1 fully saturated rings. The van der Waals surface area contributed by atoms with Gasteiger partial charge in [0, 0.05) is 17.1 Å². The van der Waals surface area contributed by atoms with Gasteiger partial charge in [0.15, 0.2) is 5.82 Å². The van der Waals surface area contributed by atoms with Gasteiger partial charge in [0.25, 0.3) is 10.0 Å². The molecule has 0 spiro atoms. The second-order valence-electron chi connectivity index (χ2n) is 7.64. The third-order valence-corrected chi connectivity index (χ3v) is 6.59. The Labute approximate surface area is 186 Å². The van der Waals surface area contributed by atoms with Gasteiger partial charge in [-0.1, -0.05) is 11.6 Å². The minimum atomic E-state index is -3.84. The van der Waals surface area contributed by atoms with E-state index in [1.807, 2.05) is 18.4 Å². The average Bonchev–Trinajstić information content (AvgIpc) is 3.40. The van der Waals surface area contributed by atoms with E-state index in [0.717, 1.165) is 19.5 Å². The molecule has 1 aromatic heterocycles. The van der Waals surface area contributed by atoms with E-state index in [1.54, 1.807) is 36.7 Å². The first kappa shape index (κ1) is 21.6. The smallest absolute Gasteiger partial charge is 0.261 e. The number of hydrogen-bond acceptors (Lipinski definition) is 6. The highest BCUT2D eigenvalue weighted by molar-refractivity contribution is 7.92. The monoisotopic (exact) mass is 461 g/mol. The summed E-state index contributed by atoms with van der Waals surface area (Å²) in [6.07, 6.45) is 2.61. The van der Waals surface area contributed by atoms with Crippen molar-refractivity contribution >= 4 is 27.3 Å². The molecule has 8 nitrogen and oxygen atoms in total. The first-order valence-corrected chi connectivity index (χ1v) is 11.9. The predicted molar refractivity (Wildman–Crippen MR) is 120 cm³/mol. The molecule has 1 saturated heterocycles. The fraction of sp³-hybridized carbons (Fsp3) is 0.333. The number of nitrogens with zero attached hydrogens (tertiary/aromatic N) is 3. The highest BCUT2D eigenvalue weighted by Gasteiger charge is 2.24. The lowest BCUT2D eigenvalue weighted by molar-refractivity contribution is 0.242. The Hall–Kier alpha value is -2.62. The first-order chi connectivity index (χ1) is 14.8. The summed E-state index contributed by atoms with van der Waals surface area (Å²) in [7, 11) is -3.84. The number of aromatic nitrogens is 3. The van der Waals surface area contributed by atoms with Crippen LogP contribution in [0.5, 0.6) is 5.75 Å². The van der Waals surface area contributed by atoms with Crippen molar-refractivity contribution in [3.8, 4) is 17.1 Å². The number of sulfonamides is 1. The van der Waals surface area contributed by atoms with E-state index >= 15 is 0 Å². The summed E-state index contributed by atoms with van der Waals surface area (Å²) in [5.41, 5.74) is 0.951. The lowest BCUT2D eigenvalue weighted by Gasteiger charge is -2.17. The first-order valence-electron chi connectivity index (χ1n) is 10.0. The van der Waals surface area contributed by atoms with Crippen molar-refractivity contribution in [2.75, 3.05) is 17.8 Å². The van der Waals surface area contributed by atoms with Gasteiger partial charge >= 0.3 is 0 Å². The lowest BCUT2D eigenvalue weighted by Crippen LogP contribution is -2.16. The SMILES string of the molecule is CC(C)Oc1ccc(S(=O)(=O)Nc2ccc(Cl)cc2-c2nncn2C2CCNC2)cc1. The van der Waals surface area contributed by atoms with Crippen LogP contribution in [0.25, 0.3) is 11.4 Å². The van der Waals surface area contributed by atoms with Gasteiger partial charge in [-0.3, -0.25) is 4.72 Å². The predicted octanol–water partition coefficient (Wildman–Crippen LogP) is 3.72. The number of nitrogens with one attached hydrogen (secondary N) is 2. The quantitative estimate of drug-likeness (QED) is 0.556. The summed E-state index contributed by atoms with van der Waals surface area (Å²) in [4.78, 5) is 0.131. The molecule has 0 bridgehead atoms. The van der Waals surface area contributed by atoms with Gasteiger partial charge in [0.05, 0.1) is 22.7 Å². The molecular weight excluding hydrogens is 438 g/mol. The van der Waals surface area contributed by atoms with Crippen LogP contribution in [0.15, 0.2) is 53.7 Å². The fourth-order valence-electron chi connectivity index (χ4n) is 3.54. The summed E-state index contributed by atoms with van der Waals surface area (Å²) < 4.78 is 36.3. The fourth-order valence-corrected chi connectivity index (χ4v) is 4.80. The zero-order valence-corrected chi connectivity index (χ0v) is 18.8. The van der Waals surface area contributed by atoms with Crippen LogP contribution in [-0.2, 0) is 10.0 Å². The maximum atomic E-state index is 13.0. The number of ether oxygens (including phenoxy) is 1. The molecule has 1 atom stereocenters. The Bertz CT molecular complexity index is 1160. The second kappa shape index (κ2) is 8.86. The van der Waals surface area contributed by atoms with Crippen molar-refractivity contribution in [2.24, 2.45) is 0 Å². The molecule has 0 saturated carbocycles. The van der Waals surface area contributed by atoms with E-state index in [1.165, 1.54) is 12.1 Å². The zero-order chi connectivity index (χ0) is 22.0. The van der Waals surface area contributed by atoms with Gasteiger partial charge in [0.2, 0.25) is 0 Å². The molecule has 0 aliphatic carbocycles. The molecule has 1 aliphatic heterocycles. The van der Waals surface area contributed by atoms with Crippen LogP contribution in [0, 0.1) is 0 Å². The molecule has 164 valence electrons. The highest BCUT2D eigenvalue weighted by atomic mass is 35.5. The summed E-state index contributed by atoms with van der Waals surface area (Å²) in [6.45, 7) is 5.54. The van der Waals surface area contributed by atoms with Crippen molar-refractivity contribution in [2.45, 2.75) is 37.3 Å². The number of halogens is 1. The minimum absolute atomic E-state index is 0.00428. The van der Waals surface area contributed by atoms with Crippen molar-refractivity contribution < 1.29 is 13.2 Å². The Morgan fingerprint density at radius 3 is 2.68 bits per heavy atom. The van der Waals surface area contributed by atoms with Crippen LogP contribution in [-0.4, -0.2) is 42.4 Å². The molecule has 31 heavy (non-hydrogen) atoms. The highest BCUT2D eigenvalue weighted by Crippen LogP contribution is 2.33. The van der Waals surface area contributed by atoms with E-state index in [9.17, 15) is 8.42 Å². The molecule has 3 aromatic rings. The van der Waals surface area contributed by atoms with Crippen molar-refractivity contribution in [3.05, 3.63) is 53.8 Å². The van der Waals surface area contributed by atoms with Gasteiger partial charge in [-0.2, -0.15) is 0 Å². The molecular formula is C21H24ClN5O3S. The van der Waals surface area contributed by atoms with Gasteiger partial charge < -0.3 is 14.6 Å². The topological polar surface area (TPSA) is 98.1 Å². The van der Waals surface area contributed by atoms with E-state index in [2.05, 4.69) is 20.2 Å². The zero-order valence-electron chi connectivity index (χ0n) is 17.2. The van der Waals surface area contributed by atoms with E-state index in [-0.39, 0.29) is 17.0 Å². The van der Waals surface area contributed by atoms with Crippen molar-refractivity contribution in [1.29, 1.82) is 0 Å². The largest absolute Gasteiger partial charge is 0.491 e. The van der Waals surface area contributed by atoms with E-state index < -0.39 is 10.0 Å². The maximum Gasteiger partial charge on any atom is 0.261 e. The number of rotatable bonds is 7. The van der Waals surface area contributed by atoms with Gasteiger partial charge in [0.1, 0.15) is 12.1 Å². The Balaban J connectivity index is 1.66. The second-order valence-corrected chi connectivity index (χ2v) is 9.76. The summed E-state index contributed by atoms with van der Waals surface area (Å²) in [5, 5.41) is 12.1. The molecule has 1 unspecified atom stereocenters. The Morgan fingerprint density at radius 1 is 1.23 bits per heavy atom. The number of benzene rings is 2. The van der Waals surface area contributed by atoms with Crippen LogP contribution in [0.4, 0.5) is 5.69 Å². The van der Waals surface area contributed by atoms with Crippen LogP contribution < -0.4 is 14.8 Å². The van der Waals surface area contributed by atoms with Gasteiger partial charge in [-0.25, -0.2) is 8.42 Å². The molecule has 4 rings (SSSR count). The van der Waals surface area contributed by atoms with Crippen LogP contribution in [0.3, 0.4) is 0 Å². The maximum absolute atomic E-state index is 13.0.